The molecule has 0 atom stereocenters. The quantitative estimate of drug-likeness (QED) is 0.523. The Labute approximate surface area is 179 Å². The van der Waals surface area contributed by atoms with Gasteiger partial charge in [-0.25, -0.2) is 17.8 Å². The minimum absolute atomic E-state index is 0.000776. The number of aromatic nitrogens is 1. The van der Waals surface area contributed by atoms with Crippen molar-refractivity contribution in [2.75, 3.05) is 37.8 Å². The van der Waals surface area contributed by atoms with Crippen LogP contribution in [-0.2, 0) is 9.84 Å². The van der Waals surface area contributed by atoms with Gasteiger partial charge in [0.25, 0.3) is 5.91 Å². The molecule has 0 saturated carbocycles. The molecule has 30 heavy (non-hydrogen) atoms. The van der Waals surface area contributed by atoms with E-state index in [1.54, 1.807) is 17.9 Å². The van der Waals surface area contributed by atoms with E-state index in [0.717, 1.165) is 13.0 Å². The van der Waals surface area contributed by atoms with Gasteiger partial charge in [0.15, 0.2) is 15.0 Å². The molecule has 1 amide bonds. The normalized spacial score (nSPS) is 11.9. The van der Waals surface area contributed by atoms with Gasteiger partial charge in [0.1, 0.15) is 5.82 Å². The number of carbonyl (C=O) groups excluding carboxylic acids is 1. The van der Waals surface area contributed by atoms with E-state index >= 15 is 0 Å². The predicted octanol–water partition coefficient (Wildman–Crippen LogP) is 3.83. The van der Waals surface area contributed by atoms with Crippen molar-refractivity contribution in [1.82, 2.24) is 9.88 Å². The van der Waals surface area contributed by atoms with Gasteiger partial charge in [0, 0.05) is 12.1 Å². The highest BCUT2D eigenvalue weighted by Gasteiger charge is 2.22. The molecule has 1 aromatic heterocycles. The Morgan fingerprint density at radius 2 is 1.80 bits per heavy atom. The zero-order chi connectivity index (χ0) is 21.9. The van der Waals surface area contributed by atoms with Crippen LogP contribution in [0.4, 0.5) is 9.52 Å². The molecule has 0 radical (unpaired) electrons. The van der Waals surface area contributed by atoms with Crippen LogP contribution in [0.3, 0.4) is 0 Å². The van der Waals surface area contributed by atoms with E-state index in [0.29, 0.717) is 27.5 Å². The van der Waals surface area contributed by atoms with E-state index in [4.69, 9.17) is 0 Å². The molecule has 0 saturated heterocycles. The predicted molar refractivity (Wildman–Crippen MR) is 119 cm³/mol. The maximum Gasteiger partial charge on any atom is 0.260 e. The molecular weight excluding hydrogens is 425 g/mol. The Morgan fingerprint density at radius 1 is 1.10 bits per heavy atom. The lowest BCUT2D eigenvalue weighted by molar-refractivity contribution is 0.0986. The number of hydrogen-bond acceptors (Lipinski definition) is 6. The van der Waals surface area contributed by atoms with E-state index in [2.05, 4.69) is 4.98 Å². The highest BCUT2D eigenvalue weighted by atomic mass is 32.2. The van der Waals surface area contributed by atoms with Gasteiger partial charge in [0.2, 0.25) is 0 Å². The van der Waals surface area contributed by atoms with Crippen LogP contribution >= 0.6 is 11.3 Å². The minimum atomic E-state index is -3.33. The first kappa shape index (κ1) is 22.3. The fourth-order valence-electron chi connectivity index (χ4n) is 2.96. The molecule has 0 unspecified atom stereocenters. The highest BCUT2D eigenvalue weighted by Crippen LogP contribution is 2.30. The monoisotopic (exact) mass is 449 g/mol. The summed E-state index contributed by atoms with van der Waals surface area (Å²) in [7, 11) is 0.581. The number of halogens is 1. The second kappa shape index (κ2) is 9.20. The molecule has 0 aliphatic rings. The van der Waals surface area contributed by atoms with Gasteiger partial charge in [-0.1, -0.05) is 18.3 Å². The Morgan fingerprint density at radius 3 is 2.43 bits per heavy atom. The first-order valence-electron chi connectivity index (χ1n) is 9.57. The van der Waals surface area contributed by atoms with Crippen LogP contribution in [0.2, 0.25) is 0 Å². The summed E-state index contributed by atoms with van der Waals surface area (Å²) in [4.78, 5) is 21.6. The number of benzene rings is 2. The van der Waals surface area contributed by atoms with Crippen molar-refractivity contribution in [1.29, 1.82) is 0 Å². The molecule has 3 aromatic rings. The summed E-state index contributed by atoms with van der Waals surface area (Å²) in [5.41, 5.74) is 1.01. The van der Waals surface area contributed by atoms with Gasteiger partial charge >= 0.3 is 0 Å². The SMILES string of the molecule is CCS(=O)(=O)c1ccc(C(=O)N(CCCN(C)C)c2nc3ccc(F)cc3s2)cc1. The number of nitrogens with zero attached hydrogens (tertiary/aromatic N) is 3. The summed E-state index contributed by atoms with van der Waals surface area (Å²) in [6.07, 6.45) is 0.728. The first-order chi connectivity index (χ1) is 14.2. The average Bonchev–Trinajstić information content (AvgIpc) is 3.13. The minimum Gasteiger partial charge on any atom is -0.309 e. The summed E-state index contributed by atoms with van der Waals surface area (Å²) in [6, 6.07) is 10.3. The topological polar surface area (TPSA) is 70.6 Å². The lowest BCUT2D eigenvalue weighted by Crippen LogP contribution is -2.33. The number of thiazole rings is 1. The van der Waals surface area contributed by atoms with Crippen molar-refractivity contribution in [3.8, 4) is 0 Å². The number of fused-ring (bicyclic) bond motifs is 1. The second-order valence-corrected chi connectivity index (χ2v) is 10.4. The smallest absolute Gasteiger partial charge is 0.260 e. The first-order valence-corrected chi connectivity index (χ1v) is 12.0. The van der Waals surface area contributed by atoms with Gasteiger partial charge in [-0.3, -0.25) is 9.69 Å². The Hall–Kier alpha value is -2.36. The third-order valence-electron chi connectivity index (χ3n) is 4.64. The fourth-order valence-corrected chi connectivity index (χ4v) is 4.86. The lowest BCUT2D eigenvalue weighted by Gasteiger charge is -2.21. The van der Waals surface area contributed by atoms with Crippen LogP contribution in [0.25, 0.3) is 10.2 Å². The molecule has 0 N–H and O–H groups in total. The Kier molecular flexibility index (Phi) is 6.84. The third-order valence-corrected chi connectivity index (χ3v) is 7.43. The van der Waals surface area contributed by atoms with Crippen molar-refractivity contribution >= 4 is 42.4 Å². The van der Waals surface area contributed by atoms with E-state index in [1.165, 1.54) is 47.7 Å². The summed E-state index contributed by atoms with van der Waals surface area (Å²) in [6.45, 7) is 2.81. The van der Waals surface area contributed by atoms with Crippen LogP contribution < -0.4 is 4.90 Å². The van der Waals surface area contributed by atoms with Gasteiger partial charge in [-0.15, -0.1) is 0 Å². The maximum absolute atomic E-state index is 13.6. The number of anilines is 1. The van der Waals surface area contributed by atoms with Crippen LogP contribution in [0.15, 0.2) is 47.4 Å². The summed E-state index contributed by atoms with van der Waals surface area (Å²) in [5.74, 6) is -0.621. The molecule has 0 fully saturated rings. The van der Waals surface area contributed by atoms with Crippen LogP contribution in [0.5, 0.6) is 0 Å². The van der Waals surface area contributed by atoms with Crippen LogP contribution in [0.1, 0.15) is 23.7 Å². The van der Waals surface area contributed by atoms with Gasteiger partial charge in [-0.05, 0) is 69.5 Å². The van der Waals surface area contributed by atoms with Crippen molar-refractivity contribution < 1.29 is 17.6 Å². The van der Waals surface area contributed by atoms with Crippen molar-refractivity contribution in [3.05, 3.63) is 53.8 Å². The maximum atomic E-state index is 13.6. The zero-order valence-electron chi connectivity index (χ0n) is 17.1. The van der Waals surface area contributed by atoms with E-state index in [-0.39, 0.29) is 22.4 Å². The summed E-state index contributed by atoms with van der Waals surface area (Å²) >= 11 is 1.26. The molecule has 0 spiro atoms. The van der Waals surface area contributed by atoms with Crippen molar-refractivity contribution in [2.24, 2.45) is 0 Å². The number of amides is 1. The second-order valence-electron chi connectivity index (χ2n) is 7.15. The Bertz CT molecular complexity index is 1140. The standard InChI is InChI=1S/C21H24FN3O3S2/c1-4-30(27,28)17-9-6-15(7-10-17)20(26)25(13-5-12-24(2)3)21-23-18-11-8-16(22)14-19(18)29-21/h6-11,14H,4-5,12-13H2,1-3H3. The average molecular weight is 450 g/mol. The molecule has 3 rings (SSSR count). The summed E-state index contributed by atoms with van der Waals surface area (Å²) < 4.78 is 38.3. The Balaban J connectivity index is 1.93. The van der Waals surface area contributed by atoms with Gasteiger partial charge in [0.05, 0.1) is 20.9 Å². The molecular formula is C21H24FN3O3S2. The van der Waals surface area contributed by atoms with Gasteiger partial charge in [-0.2, -0.15) is 0 Å². The molecule has 0 aliphatic carbocycles. The van der Waals surface area contributed by atoms with Crippen LogP contribution in [0, 0.1) is 5.82 Å². The van der Waals surface area contributed by atoms with E-state index < -0.39 is 9.84 Å². The number of carbonyl (C=O) groups is 1. The molecule has 9 heteroatoms. The van der Waals surface area contributed by atoms with E-state index in [1.807, 2.05) is 19.0 Å². The molecule has 0 bridgehead atoms. The number of hydrogen-bond donors (Lipinski definition) is 0. The number of rotatable bonds is 8. The number of sulfone groups is 1. The molecule has 1 heterocycles. The summed E-state index contributed by atoms with van der Waals surface area (Å²) in [5, 5.41) is 0.490. The zero-order valence-corrected chi connectivity index (χ0v) is 18.8. The molecule has 0 aliphatic heterocycles. The van der Waals surface area contributed by atoms with Gasteiger partial charge < -0.3 is 4.90 Å². The van der Waals surface area contributed by atoms with E-state index in [9.17, 15) is 17.6 Å². The van der Waals surface area contributed by atoms with Crippen molar-refractivity contribution in [3.63, 3.8) is 0 Å². The van der Waals surface area contributed by atoms with Crippen LogP contribution in [-0.4, -0.2) is 57.1 Å². The fraction of sp³-hybridized carbons (Fsp3) is 0.333. The lowest BCUT2D eigenvalue weighted by atomic mass is 10.2. The molecule has 6 nitrogen and oxygen atoms in total. The van der Waals surface area contributed by atoms with Crippen molar-refractivity contribution in [2.45, 2.75) is 18.2 Å². The highest BCUT2D eigenvalue weighted by molar-refractivity contribution is 7.91. The third kappa shape index (κ3) is 5.03. The molecule has 2 aromatic carbocycles. The largest absolute Gasteiger partial charge is 0.309 e. The molecule has 160 valence electrons.